The van der Waals surface area contributed by atoms with Crippen LogP contribution in [0.1, 0.15) is 38.5 Å². The summed E-state index contributed by atoms with van der Waals surface area (Å²) in [6.45, 7) is 1.99. The number of aromatic nitrogens is 2. The largest absolute Gasteiger partial charge is 0.394 e. The van der Waals surface area contributed by atoms with Gasteiger partial charge in [0.15, 0.2) is 0 Å². The van der Waals surface area contributed by atoms with Crippen molar-refractivity contribution >= 4 is 11.6 Å². The molecule has 23 heavy (non-hydrogen) atoms. The highest BCUT2D eigenvalue weighted by atomic mass is 16.5. The number of aliphatic hydroxyl groups excluding tert-OH is 1. The second-order valence-electron chi connectivity index (χ2n) is 7.05. The first-order chi connectivity index (χ1) is 11.3. The smallest absolute Gasteiger partial charge is 0.134 e. The summed E-state index contributed by atoms with van der Waals surface area (Å²) in [4.78, 5) is 11.0. The predicted molar refractivity (Wildman–Crippen MR) is 88.6 cm³/mol. The third kappa shape index (κ3) is 3.43. The van der Waals surface area contributed by atoms with Gasteiger partial charge in [-0.15, -0.1) is 0 Å². The van der Waals surface area contributed by atoms with Crippen LogP contribution in [0.3, 0.4) is 0 Å². The molecule has 3 fully saturated rings. The Balaban J connectivity index is 1.41. The molecule has 3 heterocycles. The van der Waals surface area contributed by atoms with Crippen molar-refractivity contribution in [3.63, 3.8) is 0 Å². The molecular formula is C17H26N4O2. The molecule has 2 saturated heterocycles. The van der Waals surface area contributed by atoms with Crippen molar-refractivity contribution in [1.29, 1.82) is 0 Å². The average Bonchev–Trinajstić information content (AvgIpc) is 3.32. The van der Waals surface area contributed by atoms with Crippen LogP contribution in [0.4, 0.5) is 11.6 Å². The lowest BCUT2D eigenvalue weighted by atomic mass is 10.00. The van der Waals surface area contributed by atoms with Crippen LogP contribution in [0.5, 0.6) is 0 Å². The molecule has 2 N–H and O–H groups in total. The number of aliphatic hydroxyl groups is 1. The highest BCUT2D eigenvalue weighted by Crippen LogP contribution is 2.38. The Kier molecular flexibility index (Phi) is 4.35. The number of nitrogens with zero attached hydrogens (tertiary/aromatic N) is 3. The predicted octanol–water partition coefficient (Wildman–Crippen LogP) is 1.81. The third-order valence-corrected chi connectivity index (χ3v) is 5.35. The highest BCUT2D eigenvalue weighted by Gasteiger charge is 2.36. The van der Waals surface area contributed by atoms with Gasteiger partial charge in [-0.05, 0) is 44.4 Å². The minimum absolute atomic E-state index is 0.190. The molecular weight excluding hydrogens is 292 g/mol. The second kappa shape index (κ2) is 6.61. The lowest BCUT2D eigenvalue weighted by Crippen LogP contribution is -2.35. The summed E-state index contributed by atoms with van der Waals surface area (Å²) in [6, 6.07) is 2.65. The SMILES string of the molecule is OCC1CCCN1c1cc(NC2CCOC(C3CC3)C2)ncn1. The summed E-state index contributed by atoms with van der Waals surface area (Å²) in [5.41, 5.74) is 0. The van der Waals surface area contributed by atoms with E-state index in [1.165, 1.54) is 12.8 Å². The summed E-state index contributed by atoms with van der Waals surface area (Å²) >= 11 is 0. The third-order valence-electron chi connectivity index (χ3n) is 5.35. The molecule has 0 amide bonds. The van der Waals surface area contributed by atoms with Crippen LogP contribution in [0.25, 0.3) is 0 Å². The van der Waals surface area contributed by atoms with Gasteiger partial charge in [-0.2, -0.15) is 0 Å². The zero-order chi connectivity index (χ0) is 15.6. The molecule has 1 aromatic rings. The zero-order valence-corrected chi connectivity index (χ0v) is 13.5. The first kappa shape index (κ1) is 15.1. The van der Waals surface area contributed by atoms with E-state index in [0.717, 1.165) is 56.4 Å². The van der Waals surface area contributed by atoms with Gasteiger partial charge in [0.2, 0.25) is 0 Å². The number of hydrogen-bond acceptors (Lipinski definition) is 6. The number of ether oxygens (including phenoxy) is 1. The monoisotopic (exact) mass is 318 g/mol. The Hall–Kier alpha value is -1.40. The van der Waals surface area contributed by atoms with E-state index < -0.39 is 0 Å². The molecule has 1 aliphatic carbocycles. The van der Waals surface area contributed by atoms with E-state index in [1.807, 2.05) is 6.07 Å². The van der Waals surface area contributed by atoms with E-state index in [1.54, 1.807) is 6.33 Å². The van der Waals surface area contributed by atoms with Crippen LogP contribution in [0, 0.1) is 5.92 Å². The van der Waals surface area contributed by atoms with Crippen molar-refractivity contribution in [2.45, 2.75) is 56.7 Å². The molecule has 3 aliphatic rings. The normalized spacial score (nSPS) is 31.3. The minimum atomic E-state index is 0.190. The summed E-state index contributed by atoms with van der Waals surface area (Å²) < 4.78 is 5.89. The van der Waals surface area contributed by atoms with Gasteiger partial charge in [0, 0.05) is 25.3 Å². The zero-order valence-electron chi connectivity index (χ0n) is 13.5. The van der Waals surface area contributed by atoms with Crippen molar-refractivity contribution in [2.75, 3.05) is 30.0 Å². The van der Waals surface area contributed by atoms with E-state index in [0.29, 0.717) is 12.1 Å². The number of hydrogen-bond donors (Lipinski definition) is 2. The fourth-order valence-electron chi connectivity index (χ4n) is 3.87. The fourth-order valence-corrected chi connectivity index (χ4v) is 3.87. The quantitative estimate of drug-likeness (QED) is 0.863. The van der Waals surface area contributed by atoms with Gasteiger partial charge in [-0.25, -0.2) is 9.97 Å². The molecule has 2 aliphatic heterocycles. The molecule has 0 radical (unpaired) electrons. The molecule has 1 saturated carbocycles. The van der Waals surface area contributed by atoms with Crippen LogP contribution in [0.2, 0.25) is 0 Å². The summed E-state index contributed by atoms with van der Waals surface area (Å²) in [7, 11) is 0. The summed E-state index contributed by atoms with van der Waals surface area (Å²) in [5, 5.41) is 13.1. The van der Waals surface area contributed by atoms with Crippen LogP contribution in [-0.4, -0.2) is 53.0 Å². The number of anilines is 2. The molecule has 4 rings (SSSR count). The maximum absolute atomic E-state index is 9.50. The van der Waals surface area contributed by atoms with Crippen molar-refractivity contribution in [1.82, 2.24) is 9.97 Å². The van der Waals surface area contributed by atoms with Gasteiger partial charge in [-0.3, -0.25) is 0 Å². The lowest BCUT2D eigenvalue weighted by molar-refractivity contribution is -0.00223. The summed E-state index contributed by atoms with van der Waals surface area (Å²) in [5.74, 6) is 2.60. The Labute approximate surface area is 137 Å². The Morgan fingerprint density at radius 1 is 1.26 bits per heavy atom. The molecule has 0 aromatic carbocycles. The highest BCUT2D eigenvalue weighted by molar-refractivity contribution is 5.50. The maximum atomic E-state index is 9.50. The van der Waals surface area contributed by atoms with Gasteiger partial charge >= 0.3 is 0 Å². The topological polar surface area (TPSA) is 70.5 Å². The maximum Gasteiger partial charge on any atom is 0.134 e. The van der Waals surface area contributed by atoms with Gasteiger partial charge in [0.05, 0.1) is 18.8 Å². The van der Waals surface area contributed by atoms with Crippen LogP contribution < -0.4 is 10.2 Å². The van der Waals surface area contributed by atoms with Gasteiger partial charge in [-0.1, -0.05) is 0 Å². The average molecular weight is 318 g/mol. The van der Waals surface area contributed by atoms with Crippen molar-refractivity contribution in [3.8, 4) is 0 Å². The molecule has 0 spiro atoms. The Morgan fingerprint density at radius 2 is 2.17 bits per heavy atom. The summed E-state index contributed by atoms with van der Waals surface area (Å²) in [6.07, 6.45) is 8.97. The molecule has 3 atom stereocenters. The van der Waals surface area contributed by atoms with Crippen LogP contribution in [0.15, 0.2) is 12.4 Å². The van der Waals surface area contributed by atoms with Gasteiger partial charge < -0.3 is 20.1 Å². The number of nitrogens with one attached hydrogen (secondary N) is 1. The Morgan fingerprint density at radius 3 is 3.00 bits per heavy atom. The Bertz CT molecular complexity index is 537. The minimum Gasteiger partial charge on any atom is -0.394 e. The number of rotatable bonds is 5. The van der Waals surface area contributed by atoms with E-state index in [-0.39, 0.29) is 12.6 Å². The van der Waals surface area contributed by atoms with Gasteiger partial charge in [0.1, 0.15) is 18.0 Å². The van der Waals surface area contributed by atoms with E-state index in [2.05, 4.69) is 20.2 Å². The van der Waals surface area contributed by atoms with Crippen molar-refractivity contribution < 1.29 is 9.84 Å². The molecule has 1 aromatic heterocycles. The molecule has 6 heteroatoms. The van der Waals surface area contributed by atoms with E-state index >= 15 is 0 Å². The van der Waals surface area contributed by atoms with Gasteiger partial charge in [0.25, 0.3) is 0 Å². The molecule has 6 nitrogen and oxygen atoms in total. The van der Waals surface area contributed by atoms with E-state index in [9.17, 15) is 5.11 Å². The molecule has 3 unspecified atom stereocenters. The fraction of sp³-hybridized carbons (Fsp3) is 0.765. The second-order valence-corrected chi connectivity index (χ2v) is 7.05. The van der Waals surface area contributed by atoms with Crippen molar-refractivity contribution in [3.05, 3.63) is 12.4 Å². The molecule has 0 bridgehead atoms. The van der Waals surface area contributed by atoms with Crippen molar-refractivity contribution in [2.24, 2.45) is 5.92 Å². The first-order valence-corrected chi connectivity index (χ1v) is 8.91. The standard InChI is InChI=1S/C17H26N4O2/c22-10-14-2-1-6-21(14)17-9-16(18-11-19-17)20-13-5-7-23-15(8-13)12-3-4-12/h9,11-15,22H,1-8,10H2,(H,18,19,20). The van der Waals surface area contributed by atoms with Crippen LogP contribution in [-0.2, 0) is 4.74 Å². The van der Waals surface area contributed by atoms with Crippen LogP contribution >= 0.6 is 0 Å². The first-order valence-electron chi connectivity index (χ1n) is 8.91. The van der Waals surface area contributed by atoms with E-state index in [4.69, 9.17) is 4.74 Å². The lowest BCUT2D eigenvalue weighted by Gasteiger charge is -2.31. The molecule has 126 valence electrons.